The van der Waals surface area contributed by atoms with Crippen LogP contribution in [-0.2, 0) is 27.3 Å². The fourth-order valence-corrected chi connectivity index (χ4v) is 2.87. The molecule has 1 fully saturated rings. The van der Waals surface area contributed by atoms with Gasteiger partial charge in [0.25, 0.3) is 5.91 Å². The quantitative estimate of drug-likeness (QED) is 0.422. The predicted octanol–water partition coefficient (Wildman–Crippen LogP) is 2.90. The Hall–Kier alpha value is -3.46. The average molecular weight is 375 g/mol. The number of benzene rings is 1. The van der Waals surface area contributed by atoms with Gasteiger partial charge in [0.1, 0.15) is 11.6 Å². The molecule has 142 valence electrons. The first-order valence-electron chi connectivity index (χ1n) is 9.10. The highest BCUT2D eigenvalue weighted by atomic mass is 16.5. The molecule has 6 heteroatoms. The van der Waals surface area contributed by atoms with Gasteiger partial charge in [-0.05, 0) is 36.6 Å². The van der Waals surface area contributed by atoms with Crippen molar-refractivity contribution in [3.63, 3.8) is 0 Å². The summed E-state index contributed by atoms with van der Waals surface area (Å²) in [6, 6.07) is 17.0. The Labute approximate surface area is 164 Å². The number of rotatable bonds is 7. The first kappa shape index (κ1) is 19.3. The van der Waals surface area contributed by atoms with Gasteiger partial charge in [-0.25, -0.2) is 0 Å². The summed E-state index contributed by atoms with van der Waals surface area (Å²) in [5, 5.41) is 9.56. The number of carbonyl (C=O) groups excluding carboxylic acids is 2. The van der Waals surface area contributed by atoms with Gasteiger partial charge in [0, 0.05) is 12.6 Å². The number of nitriles is 1. The van der Waals surface area contributed by atoms with E-state index in [0.29, 0.717) is 17.9 Å². The van der Waals surface area contributed by atoms with Crippen LogP contribution in [0.2, 0.25) is 0 Å². The second-order valence-corrected chi connectivity index (χ2v) is 6.63. The van der Waals surface area contributed by atoms with Gasteiger partial charge in [-0.2, -0.15) is 5.26 Å². The smallest absolute Gasteiger partial charge is 0.311 e. The largest absolute Gasteiger partial charge is 0.469 e. The van der Waals surface area contributed by atoms with E-state index in [-0.39, 0.29) is 23.9 Å². The lowest BCUT2D eigenvalue weighted by Crippen LogP contribution is -2.33. The van der Waals surface area contributed by atoms with E-state index in [1.165, 1.54) is 13.2 Å². The van der Waals surface area contributed by atoms with Crippen LogP contribution in [0.5, 0.6) is 0 Å². The summed E-state index contributed by atoms with van der Waals surface area (Å²) in [5.74, 6) is -0.693. The molecule has 0 bridgehead atoms. The highest BCUT2D eigenvalue weighted by Gasteiger charge is 2.34. The van der Waals surface area contributed by atoms with Crippen molar-refractivity contribution in [1.82, 2.24) is 9.88 Å². The van der Waals surface area contributed by atoms with Gasteiger partial charge in [0.05, 0.1) is 24.9 Å². The second kappa shape index (κ2) is 8.96. The van der Waals surface area contributed by atoms with Gasteiger partial charge in [-0.15, -0.1) is 0 Å². The van der Waals surface area contributed by atoms with E-state index in [1.807, 2.05) is 36.4 Å². The summed E-state index contributed by atoms with van der Waals surface area (Å²) in [6.45, 7) is 0.471. The van der Waals surface area contributed by atoms with E-state index in [4.69, 9.17) is 0 Å². The van der Waals surface area contributed by atoms with Crippen molar-refractivity contribution in [2.24, 2.45) is 0 Å². The van der Waals surface area contributed by atoms with Crippen molar-refractivity contribution >= 4 is 18.0 Å². The maximum absolute atomic E-state index is 13.0. The average Bonchev–Trinajstić information content (AvgIpc) is 3.56. The van der Waals surface area contributed by atoms with Crippen LogP contribution in [0.1, 0.15) is 29.8 Å². The zero-order valence-corrected chi connectivity index (χ0v) is 15.7. The molecule has 6 nitrogen and oxygen atoms in total. The fourth-order valence-electron chi connectivity index (χ4n) is 2.87. The van der Waals surface area contributed by atoms with Gasteiger partial charge in [-0.3, -0.25) is 14.6 Å². The number of aromatic nitrogens is 1. The summed E-state index contributed by atoms with van der Waals surface area (Å²) in [5.41, 5.74) is 2.04. The number of esters is 1. The Morgan fingerprint density at radius 3 is 2.61 bits per heavy atom. The van der Waals surface area contributed by atoms with E-state index in [1.54, 1.807) is 23.1 Å². The number of methoxy groups -OCH3 is 1. The molecule has 3 rings (SSSR count). The maximum Gasteiger partial charge on any atom is 0.311 e. The van der Waals surface area contributed by atoms with Crippen LogP contribution >= 0.6 is 0 Å². The summed E-state index contributed by atoms with van der Waals surface area (Å²) < 4.78 is 4.65. The molecule has 0 unspecified atom stereocenters. The normalized spacial score (nSPS) is 13.5. The standard InChI is InChI=1S/C22H21N3O3/c1-28-21(26)13-19-9-5-8-18(24-19)12-17(14-23)22(27)25(20-10-11-20)15-16-6-3-2-4-7-16/h2-9,12,20H,10-11,13,15H2,1H3. The summed E-state index contributed by atoms with van der Waals surface area (Å²) >= 11 is 0. The van der Waals surface area contributed by atoms with Crippen molar-refractivity contribution in [3.05, 3.63) is 71.1 Å². The van der Waals surface area contributed by atoms with Crippen molar-refractivity contribution in [3.8, 4) is 6.07 Å². The van der Waals surface area contributed by atoms with Gasteiger partial charge in [0.2, 0.25) is 0 Å². The molecule has 0 atom stereocenters. The molecule has 1 saturated carbocycles. The first-order chi connectivity index (χ1) is 13.6. The minimum atomic E-state index is -0.395. The van der Waals surface area contributed by atoms with E-state index in [2.05, 4.69) is 9.72 Å². The van der Waals surface area contributed by atoms with E-state index < -0.39 is 5.97 Å². The third-order valence-corrected chi connectivity index (χ3v) is 4.47. The molecule has 0 saturated heterocycles. The number of nitrogens with zero attached hydrogens (tertiary/aromatic N) is 3. The van der Waals surface area contributed by atoms with Gasteiger partial charge in [0.15, 0.2) is 0 Å². The lowest BCUT2D eigenvalue weighted by molar-refractivity contribution is -0.139. The molecule has 0 aliphatic heterocycles. The van der Waals surface area contributed by atoms with Gasteiger partial charge >= 0.3 is 5.97 Å². The molecule has 1 amide bonds. The lowest BCUT2D eigenvalue weighted by atomic mass is 10.1. The molecule has 1 aliphatic carbocycles. The number of pyridine rings is 1. The Morgan fingerprint density at radius 1 is 1.21 bits per heavy atom. The zero-order valence-electron chi connectivity index (χ0n) is 15.7. The molecule has 28 heavy (non-hydrogen) atoms. The molecular formula is C22H21N3O3. The predicted molar refractivity (Wildman–Crippen MR) is 104 cm³/mol. The summed E-state index contributed by atoms with van der Waals surface area (Å²) in [4.78, 5) is 30.5. The highest BCUT2D eigenvalue weighted by Crippen LogP contribution is 2.30. The van der Waals surface area contributed by atoms with Crippen molar-refractivity contribution in [1.29, 1.82) is 5.26 Å². The van der Waals surface area contributed by atoms with E-state index >= 15 is 0 Å². The molecule has 1 heterocycles. The van der Waals surface area contributed by atoms with Crippen molar-refractivity contribution < 1.29 is 14.3 Å². The summed E-state index contributed by atoms with van der Waals surface area (Å²) in [7, 11) is 1.32. The molecular weight excluding hydrogens is 354 g/mol. The minimum absolute atomic E-state index is 0.0329. The van der Waals surface area contributed by atoms with Gasteiger partial charge in [-0.1, -0.05) is 36.4 Å². The molecule has 1 aromatic heterocycles. The number of hydrogen-bond acceptors (Lipinski definition) is 5. The summed E-state index contributed by atoms with van der Waals surface area (Å²) in [6.07, 6.45) is 3.41. The molecule has 1 aromatic carbocycles. The molecule has 0 N–H and O–H groups in total. The number of amides is 1. The van der Waals surface area contributed by atoms with Crippen LogP contribution in [0.3, 0.4) is 0 Å². The third kappa shape index (κ3) is 5.04. The Bertz CT molecular complexity index is 928. The third-order valence-electron chi connectivity index (χ3n) is 4.47. The number of carbonyl (C=O) groups is 2. The number of hydrogen-bond donors (Lipinski definition) is 0. The topological polar surface area (TPSA) is 83.3 Å². The lowest BCUT2D eigenvalue weighted by Gasteiger charge is -2.22. The monoisotopic (exact) mass is 375 g/mol. The molecule has 0 spiro atoms. The van der Waals surface area contributed by atoms with E-state index in [0.717, 1.165) is 18.4 Å². The Kier molecular flexibility index (Phi) is 6.18. The van der Waals surface area contributed by atoms with Crippen LogP contribution in [0.15, 0.2) is 54.1 Å². The Morgan fingerprint density at radius 2 is 1.96 bits per heavy atom. The van der Waals surface area contributed by atoms with Crippen LogP contribution in [0, 0.1) is 11.3 Å². The first-order valence-corrected chi connectivity index (χ1v) is 9.10. The fraction of sp³-hybridized carbons (Fsp3) is 0.273. The van der Waals surface area contributed by atoms with Crippen molar-refractivity contribution in [2.75, 3.05) is 7.11 Å². The minimum Gasteiger partial charge on any atom is -0.469 e. The number of ether oxygens (including phenoxy) is 1. The zero-order chi connectivity index (χ0) is 19.9. The maximum atomic E-state index is 13.0. The molecule has 1 aliphatic rings. The SMILES string of the molecule is COC(=O)Cc1cccc(C=C(C#N)C(=O)N(Cc2ccccc2)C2CC2)n1. The van der Waals surface area contributed by atoms with Gasteiger partial charge < -0.3 is 9.64 Å². The van der Waals surface area contributed by atoms with Crippen LogP contribution < -0.4 is 0 Å². The Balaban J connectivity index is 1.81. The highest BCUT2D eigenvalue weighted by molar-refractivity contribution is 6.01. The molecule has 2 aromatic rings. The van der Waals surface area contributed by atoms with E-state index in [9.17, 15) is 14.9 Å². The second-order valence-electron chi connectivity index (χ2n) is 6.63. The van der Waals surface area contributed by atoms with Crippen molar-refractivity contribution in [2.45, 2.75) is 31.8 Å². The molecule has 0 radical (unpaired) electrons. The van der Waals surface area contributed by atoms with Crippen LogP contribution in [0.25, 0.3) is 6.08 Å². The van der Waals surface area contributed by atoms with Crippen LogP contribution in [0.4, 0.5) is 0 Å². The van der Waals surface area contributed by atoms with Crippen LogP contribution in [-0.4, -0.2) is 34.9 Å².